The minimum Gasteiger partial charge on any atom is -0.325 e. The van der Waals surface area contributed by atoms with E-state index < -0.39 is 0 Å². The first kappa shape index (κ1) is 13.8. The zero-order chi connectivity index (χ0) is 13.5. The van der Waals surface area contributed by atoms with Crippen molar-refractivity contribution in [2.24, 2.45) is 0 Å². The van der Waals surface area contributed by atoms with Crippen LogP contribution in [0, 0.1) is 0 Å². The fourth-order valence-electron chi connectivity index (χ4n) is 1.83. The molecule has 0 atom stereocenters. The Labute approximate surface area is 117 Å². The third kappa shape index (κ3) is 4.50. The van der Waals surface area contributed by atoms with Gasteiger partial charge in [-0.2, -0.15) is 0 Å². The Morgan fingerprint density at radius 2 is 2.00 bits per heavy atom. The first-order valence-electron chi connectivity index (χ1n) is 6.37. The quantitative estimate of drug-likeness (QED) is 0.877. The molecule has 1 aromatic carbocycles. The number of hydrogen-bond acceptors (Lipinski definition) is 3. The van der Waals surface area contributed by atoms with Gasteiger partial charge in [0.1, 0.15) is 0 Å². The van der Waals surface area contributed by atoms with Gasteiger partial charge in [-0.1, -0.05) is 31.2 Å². The lowest BCUT2D eigenvalue weighted by atomic mass is 10.3. The maximum absolute atomic E-state index is 12.0. The fourth-order valence-corrected chi connectivity index (χ4v) is 2.57. The van der Waals surface area contributed by atoms with Crippen LogP contribution in [0.3, 0.4) is 0 Å². The van der Waals surface area contributed by atoms with Crippen LogP contribution in [0.5, 0.6) is 0 Å². The molecule has 2 rings (SSSR count). The molecule has 19 heavy (non-hydrogen) atoms. The Balaban J connectivity index is 1.86. The number of hydrogen-bond donors (Lipinski definition) is 1. The van der Waals surface area contributed by atoms with Crippen molar-refractivity contribution in [3.05, 3.63) is 52.7 Å². The van der Waals surface area contributed by atoms with Gasteiger partial charge in [0.15, 0.2) is 0 Å². The molecule has 0 radical (unpaired) electrons. The van der Waals surface area contributed by atoms with Gasteiger partial charge in [-0.05, 0) is 30.1 Å². The number of thiophene rings is 1. The number of carbonyl (C=O) groups excluding carboxylic acids is 1. The van der Waals surface area contributed by atoms with E-state index >= 15 is 0 Å². The van der Waals surface area contributed by atoms with Crippen molar-refractivity contribution in [1.82, 2.24) is 4.90 Å². The number of carbonyl (C=O) groups is 1. The number of amides is 1. The number of para-hydroxylation sites is 1. The highest BCUT2D eigenvalue weighted by atomic mass is 32.1. The van der Waals surface area contributed by atoms with Crippen molar-refractivity contribution in [2.75, 3.05) is 18.4 Å². The van der Waals surface area contributed by atoms with Crippen LogP contribution in [0.25, 0.3) is 0 Å². The fraction of sp³-hybridized carbons (Fsp3) is 0.267. The highest BCUT2D eigenvalue weighted by Crippen LogP contribution is 2.12. The predicted molar refractivity (Wildman–Crippen MR) is 80.3 cm³/mol. The first-order chi connectivity index (χ1) is 9.28. The Morgan fingerprint density at radius 1 is 1.21 bits per heavy atom. The van der Waals surface area contributed by atoms with Crippen molar-refractivity contribution < 1.29 is 4.79 Å². The summed E-state index contributed by atoms with van der Waals surface area (Å²) in [6.07, 6.45) is 0. The summed E-state index contributed by atoms with van der Waals surface area (Å²) < 4.78 is 0. The monoisotopic (exact) mass is 274 g/mol. The van der Waals surface area contributed by atoms with Crippen LogP contribution in [0.1, 0.15) is 11.8 Å². The molecule has 2 aromatic rings. The van der Waals surface area contributed by atoms with E-state index in [2.05, 4.69) is 28.6 Å². The van der Waals surface area contributed by atoms with Gasteiger partial charge in [-0.25, -0.2) is 0 Å². The molecule has 1 aromatic heterocycles. The standard InChI is InChI=1S/C15H18N2OS/c1-2-17(11-14-9-6-10-19-14)12-15(18)16-13-7-4-3-5-8-13/h3-10H,2,11-12H2,1H3,(H,16,18). The Bertz CT molecular complexity index is 496. The molecule has 0 spiro atoms. The molecule has 0 aliphatic heterocycles. The summed E-state index contributed by atoms with van der Waals surface area (Å²) in [7, 11) is 0. The van der Waals surface area contributed by atoms with Gasteiger partial charge in [0.25, 0.3) is 0 Å². The van der Waals surface area contributed by atoms with Crippen molar-refractivity contribution >= 4 is 22.9 Å². The van der Waals surface area contributed by atoms with Crippen LogP contribution in [-0.2, 0) is 11.3 Å². The molecule has 1 heterocycles. The van der Waals surface area contributed by atoms with E-state index in [0.29, 0.717) is 6.54 Å². The zero-order valence-electron chi connectivity index (χ0n) is 11.0. The summed E-state index contributed by atoms with van der Waals surface area (Å²) in [5, 5.41) is 4.97. The minimum atomic E-state index is 0.0320. The second kappa shape index (κ2) is 7.07. The highest BCUT2D eigenvalue weighted by Gasteiger charge is 2.10. The minimum absolute atomic E-state index is 0.0320. The van der Waals surface area contributed by atoms with E-state index in [9.17, 15) is 4.79 Å². The highest BCUT2D eigenvalue weighted by molar-refractivity contribution is 7.09. The van der Waals surface area contributed by atoms with Gasteiger partial charge in [-0.15, -0.1) is 11.3 Å². The molecule has 1 amide bonds. The van der Waals surface area contributed by atoms with Crippen LogP contribution < -0.4 is 5.32 Å². The van der Waals surface area contributed by atoms with Crippen LogP contribution in [0.4, 0.5) is 5.69 Å². The third-order valence-corrected chi connectivity index (χ3v) is 3.69. The lowest BCUT2D eigenvalue weighted by Crippen LogP contribution is -2.32. The second-order valence-corrected chi connectivity index (χ2v) is 5.33. The van der Waals surface area contributed by atoms with Crippen LogP contribution >= 0.6 is 11.3 Å². The summed E-state index contributed by atoms with van der Waals surface area (Å²) in [4.78, 5) is 15.4. The second-order valence-electron chi connectivity index (χ2n) is 4.30. The normalized spacial score (nSPS) is 10.6. The molecule has 100 valence electrons. The average molecular weight is 274 g/mol. The van der Waals surface area contributed by atoms with E-state index in [0.717, 1.165) is 18.8 Å². The van der Waals surface area contributed by atoms with Crippen molar-refractivity contribution in [1.29, 1.82) is 0 Å². The van der Waals surface area contributed by atoms with Crippen molar-refractivity contribution in [2.45, 2.75) is 13.5 Å². The van der Waals surface area contributed by atoms with Crippen molar-refractivity contribution in [3.8, 4) is 0 Å². The van der Waals surface area contributed by atoms with Crippen LogP contribution in [0.15, 0.2) is 47.8 Å². The van der Waals surface area contributed by atoms with Gasteiger partial charge >= 0.3 is 0 Å². The van der Waals surface area contributed by atoms with Gasteiger partial charge in [0, 0.05) is 17.1 Å². The van der Waals surface area contributed by atoms with Gasteiger partial charge in [0.05, 0.1) is 6.54 Å². The molecule has 0 fully saturated rings. The number of anilines is 1. The molecule has 4 heteroatoms. The van der Waals surface area contributed by atoms with E-state index in [1.165, 1.54) is 4.88 Å². The molecule has 0 bridgehead atoms. The molecule has 1 N–H and O–H groups in total. The Hall–Kier alpha value is -1.65. The maximum Gasteiger partial charge on any atom is 0.238 e. The Morgan fingerprint density at radius 3 is 2.63 bits per heavy atom. The number of rotatable bonds is 6. The van der Waals surface area contributed by atoms with Crippen LogP contribution in [-0.4, -0.2) is 23.9 Å². The number of nitrogens with one attached hydrogen (secondary N) is 1. The summed E-state index contributed by atoms with van der Waals surface area (Å²) in [5.74, 6) is 0.0320. The lowest BCUT2D eigenvalue weighted by Gasteiger charge is -2.18. The van der Waals surface area contributed by atoms with Gasteiger partial charge in [-0.3, -0.25) is 9.69 Å². The molecule has 0 aliphatic carbocycles. The van der Waals surface area contributed by atoms with E-state index in [4.69, 9.17) is 0 Å². The van der Waals surface area contributed by atoms with Crippen molar-refractivity contribution in [3.63, 3.8) is 0 Å². The largest absolute Gasteiger partial charge is 0.325 e. The van der Waals surface area contributed by atoms with E-state index in [1.807, 2.05) is 36.4 Å². The molecule has 3 nitrogen and oxygen atoms in total. The summed E-state index contributed by atoms with van der Waals surface area (Å²) in [6, 6.07) is 13.7. The topological polar surface area (TPSA) is 32.3 Å². The molecule has 0 saturated heterocycles. The van der Waals surface area contributed by atoms with Crippen LogP contribution in [0.2, 0.25) is 0 Å². The summed E-state index contributed by atoms with van der Waals surface area (Å²) >= 11 is 1.72. The third-order valence-electron chi connectivity index (χ3n) is 2.83. The molecule has 0 unspecified atom stereocenters. The molecule has 0 aliphatic rings. The molecular weight excluding hydrogens is 256 g/mol. The van der Waals surface area contributed by atoms with Gasteiger partial charge < -0.3 is 5.32 Å². The average Bonchev–Trinajstić information content (AvgIpc) is 2.92. The number of likely N-dealkylation sites (N-methyl/N-ethyl adjacent to an activating group) is 1. The first-order valence-corrected chi connectivity index (χ1v) is 7.25. The zero-order valence-corrected chi connectivity index (χ0v) is 11.8. The molecule has 0 saturated carbocycles. The van der Waals surface area contributed by atoms with E-state index in [-0.39, 0.29) is 5.91 Å². The number of benzene rings is 1. The smallest absolute Gasteiger partial charge is 0.238 e. The predicted octanol–water partition coefficient (Wildman–Crippen LogP) is 3.21. The van der Waals surface area contributed by atoms with E-state index in [1.54, 1.807) is 11.3 Å². The maximum atomic E-state index is 12.0. The van der Waals surface area contributed by atoms with Gasteiger partial charge in [0.2, 0.25) is 5.91 Å². The lowest BCUT2D eigenvalue weighted by molar-refractivity contribution is -0.117. The summed E-state index contributed by atoms with van der Waals surface area (Å²) in [5.41, 5.74) is 0.847. The number of nitrogens with zero attached hydrogens (tertiary/aromatic N) is 1. The SMILES string of the molecule is CCN(CC(=O)Nc1ccccc1)Cc1cccs1. The molecular formula is C15H18N2OS. The summed E-state index contributed by atoms with van der Waals surface area (Å²) in [6.45, 7) is 4.18. The Kier molecular flexibility index (Phi) is 5.12.